The van der Waals surface area contributed by atoms with Crippen molar-refractivity contribution in [2.24, 2.45) is 0 Å². The van der Waals surface area contributed by atoms with Crippen LogP contribution in [0.1, 0.15) is 9.67 Å². The molecule has 0 saturated carbocycles. The summed E-state index contributed by atoms with van der Waals surface area (Å²) in [6, 6.07) is 8.00. The Labute approximate surface area is 169 Å². The zero-order valence-electron chi connectivity index (χ0n) is 15.9. The van der Waals surface area contributed by atoms with Gasteiger partial charge < -0.3 is 19.7 Å². The third-order valence-corrected chi connectivity index (χ3v) is 6.15. The van der Waals surface area contributed by atoms with Crippen LogP contribution in [-0.4, -0.2) is 81.5 Å². The molecule has 2 aliphatic rings. The molecule has 0 spiro atoms. The normalized spacial score (nSPS) is 18.2. The van der Waals surface area contributed by atoms with Crippen molar-refractivity contribution in [1.29, 1.82) is 0 Å². The summed E-state index contributed by atoms with van der Waals surface area (Å²) < 4.78 is 10.7. The topological polar surface area (TPSA) is 66.9 Å². The molecule has 0 aromatic carbocycles. The number of carbonyl (C=O) groups is 1. The van der Waals surface area contributed by atoms with Gasteiger partial charge in [-0.3, -0.25) is 9.69 Å². The molecule has 2 aromatic rings. The van der Waals surface area contributed by atoms with Gasteiger partial charge in [-0.1, -0.05) is 0 Å². The predicted octanol–water partition coefficient (Wildman–Crippen LogP) is 1.71. The number of nitrogens with one attached hydrogen (secondary N) is 1. The fourth-order valence-corrected chi connectivity index (χ4v) is 4.28. The fraction of sp³-hybridized carbons (Fsp3) is 0.500. The first-order chi connectivity index (χ1) is 13.8. The molecule has 1 amide bonds. The molecular formula is C20H26N4O3S. The number of ether oxygens (including phenoxy) is 2. The highest BCUT2D eigenvalue weighted by Gasteiger charge is 2.15. The summed E-state index contributed by atoms with van der Waals surface area (Å²) in [4.78, 5) is 23.3. The molecule has 150 valence electrons. The van der Waals surface area contributed by atoms with E-state index in [9.17, 15) is 4.79 Å². The third kappa shape index (κ3) is 4.88. The van der Waals surface area contributed by atoms with E-state index in [1.54, 1.807) is 0 Å². The SMILES string of the molecule is O=C(NCCN1CCOCC1)c1ccc(-c2ccc(N3CCOCC3)nc2)s1. The molecule has 0 unspecified atom stereocenters. The summed E-state index contributed by atoms with van der Waals surface area (Å²) in [6.07, 6.45) is 1.89. The number of anilines is 1. The lowest BCUT2D eigenvalue weighted by Crippen LogP contribution is -2.41. The molecule has 0 atom stereocenters. The number of nitrogens with zero attached hydrogens (tertiary/aromatic N) is 3. The van der Waals surface area contributed by atoms with Crippen LogP contribution in [0.15, 0.2) is 30.5 Å². The Bertz CT molecular complexity index is 768. The van der Waals surface area contributed by atoms with Gasteiger partial charge in [0.1, 0.15) is 5.82 Å². The lowest BCUT2D eigenvalue weighted by molar-refractivity contribution is 0.0383. The van der Waals surface area contributed by atoms with Crippen molar-refractivity contribution in [2.45, 2.75) is 0 Å². The first-order valence-electron chi connectivity index (χ1n) is 9.77. The van der Waals surface area contributed by atoms with Gasteiger partial charge in [0.2, 0.25) is 0 Å². The van der Waals surface area contributed by atoms with Crippen LogP contribution in [0.25, 0.3) is 10.4 Å². The van der Waals surface area contributed by atoms with Gasteiger partial charge in [0.25, 0.3) is 5.91 Å². The number of hydrogen-bond donors (Lipinski definition) is 1. The van der Waals surface area contributed by atoms with Gasteiger partial charge in [-0.2, -0.15) is 0 Å². The van der Waals surface area contributed by atoms with E-state index in [1.807, 2.05) is 24.4 Å². The predicted molar refractivity (Wildman–Crippen MR) is 110 cm³/mol. The molecule has 2 saturated heterocycles. The Balaban J connectivity index is 1.31. The molecule has 1 N–H and O–H groups in total. The molecular weight excluding hydrogens is 376 g/mol. The number of thiophene rings is 1. The number of aromatic nitrogens is 1. The molecule has 2 fully saturated rings. The van der Waals surface area contributed by atoms with Crippen LogP contribution in [0.2, 0.25) is 0 Å². The van der Waals surface area contributed by atoms with E-state index in [0.717, 1.165) is 80.3 Å². The zero-order chi connectivity index (χ0) is 19.2. The Morgan fingerprint density at radius 1 is 1.04 bits per heavy atom. The van der Waals surface area contributed by atoms with Crippen molar-refractivity contribution in [1.82, 2.24) is 15.2 Å². The molecule has 0 aliphatic carbocycles. The van der Waals surface area contributed by atoms with E-state index in [4.69, 9.17) is 9.47 Å². The average molecular weight is 403 g/mol. The van der Waals surface area contributed by atoms with E-state index < -0.39 is 0 Å². The minimum Gasteiger partial charge on any atom is -0.379 e. The van der Waals surface area contributed by atoms with Crippen LogP contribution < -0.4 is 10.2 Å². The smallest absolute Gasteiger partial charge is 0.261 e. The number of rotatable bonds is 6. The van der Waals surface area contributed by atoms with Crippen LogP contribution in [0.3, 0.4) is 0 Å². The molecule has 8 heteroatoms. The monoisotopic (exact) mass is 402 g/mol. The summed E-state index contributed by atoms with van der Waals surface area (Å²) >= 11 is 1.50. The van der Waals surface area contributed by atoms with E-state index in [-0.39, 0.29) is 5.91 Å². The summed E-state index contributed by atoms with van der Waals surface area (Å²) in [5, 5.41) is 3.02. The number of pyridine rings is 1. The highest BCUT2D eigenvalue weighted by molar-refractivity contribution is 7.17. The molecule has 4 rings (SSSR count). The second kappa shape index (κ2) is 9.47. The molecule has 2 aromatic heterocycles. The van der Waals surface area contributed by atoms with Gasteiger partial charge in [0.15, 0.2) is 0 Å². The first kappa shape index (κ1) is 19.3. The molecule has 28 heavy (non-hydrogen) atoms. The fourth-order valence-electron chi connectivity index (χ4n) is 3.37. The van der Waals surface area contributed by atoms with E-state index >= 15 is 0 Å². The van der Waals surface area contributed by atoms with Crippen LogP contribution in [0.5, 0.6) is 0 Å². The number of carbonyl (C=O) groups excluding carboxylic acids is 1. The van der Waals surface area contributed by atoms with E-state index in [2.05, 4.69) is 26.2 Å². The van der Waals surface area contributed by atoms with Crippen molar-refractivity contribution in [3.8, 4) is 10.4 Å². The quantitative estimate of drug-likeness (QED) is 0.794. The Morgan fingerprint density at radius 3 is 2.50 bits per heavy atom. The lowest BCUT2D eigenvalue weighted by atomic mass is 10.2. The second-order valence-corrected chi connectivity index (χ2v) is 7.96. The van der Waals surface area contributed by atoms with Crippen LogP contribution >= 0.6 is 11.3 Å². The molecule has 7 nitrogen and oxygen atoms in total. The first-order valence-corrected chi connectivity index (χ1v) is 10.6. The van der Waals surface area contributed by atoms with Crippen molar-refractivity contribution < 1.29 is 14.3 Å². The maximum absolute atomic E-state index is 12.4. The maximum Gasteiger partial charge on any atom is 0.261 e. The minimum atomic E-state index is -0.0117. The number of morpholine rings is 2. The van der Waals surface area contributed by atoms with Crippen molar-refractivity contribution in [2.75, 3.05) is 70.6 Å². The third-order valence-electron chi connectivity index (χ3n) is 5.01. The van der Waals surface area contributed by atoms with Crippen molar-refractivity contribution in [3.05, 3.63) is 35.3 Å². The highest BCUT2D eigenvalue weighted by atomic mass is 32.1. The van der Waals surface area contributed by atoms with Gasteiger partial charge in [-0.05, 0) is 24.3 Å². The molecule has 2 aliphatic heterocycles. The van der Waals surface area contributed by atoms with Gasteiger partial charge in [0, 0.05) is 55.9 Å². The van der Waals surface area contributed by atoms with Crippen molar-refractivity contribution in [3.63, 3.8) is 0 Å². The second-order valence-electron chi connectivity index (χ2n) is 6.88. The summed E-state index contributed by atoms with van der Waals surface area (Å²) in [5.74, 6) is 0.965. The van der Waals surface area contributed by atoms with Gasteiger partial charge in [0.05, 0.1) is 31.3 Å². The Hall–Kier alpha value is -2.00. The van der Waals surface area contributed by atoms with Crippen LogP contribution in [-0.2, 0) is 9.47 Å². The molecule has 4 heterocycles. The average Bonchev–Trinajstić information content (AvgIpc) is 3.26. The van der Waals surface area contributed by atoms with E-state index in [0.29, 0.717) is 6.54 Å². The lowest BCUT2D eigenvalue weighted by Gasteiger charge is -2.27. The zero-order valence-corrected chi connectivity index (χ0v) is 16.7. The van der Waals surface area contributed by atoms with Crippen molar-refractivity contribution >= 4 is 23.1 Å². The summed E-state index contributed by atoms with van der Waals surface area (Å²) in [5.41, 5.74) is 1.04. The minimum absolute atomic E-state index is 0.0117. The standard InChI is InChI=1S/C20H26N4O3S/c25-20(21-5-6-23-7-11-26-12-8-23)18-3-2-17(28-18)16-1-4-19(22-15-16)24-9-13-27-14-10-24/h1-4,15H,5-14H2,(H,21,25). The van der Waals surface area contributed by atoms with Crippen LogP contribution in [0, 0.1) is 0 Å². The summed E-state index contributed by atoms with van der Waals surface area (Å²) in [7, 11) is 0. The molecule has 0 radical (unpaired) electrons. The summed E-state index contributed by atoms with van der Waals surface area (Å²) in [6.45, 7) is 8.19. The van der Waals surface area contributed by atoms with E-state index in [1.165, 1.54) is 11.3 Å². The highest BCUT2D eigenvalue weighted by Crippen LogP contribution is 2.28. The van der Waals surface area contributed by atoms with Crippen LogP contribution in [0.4, 0.5) is 5.82 Å². The molecule has 0 bridgehead atoms. The number of hydrogen-bond acceptors (Lipinski definition) is 7. The number of amides is 1. The van der Waals surface area contributed by atoms with Gasteiger partial charge in [-0.25, -0.2) is 4.98 Å². The Kier molecular flexibility index (Phi) is 6.53. The largest absolute Gasteiger partial charge is 0.379 e. The van der Waals surface area contributed by atoms with Gasteiger partial charge in [-0.15, -0.1) is 11.3 Å². The van der Waals surface area contributed by atoms with Gasteiger partial charge >= 0.3 is 0 Å². The Morgan fingerprint density at radius 2 is 1.79 bits per heavy atom. The maximum atomic E-state index is 12.4.